The summed E-state index contributed by atoms with van der Waals surface area (Å²) < 4.78 is 36.0. The van der Waals surface area contributed by atoms with E-state index in [1.54, 1.807) is 0 Å². The van der Waals surface area contributed by atoms with Crippen LogP contribution in [0.15, 0.2) is 12.3 Å². The van der Waals surface area contributed by atoms with Gasteiger partial charge in [0.15, 0.2) is 0 Å². The van der Waals surface area contributed by atoms with Crippen molar-refractivity contribution in [1.29, 1.82) is 0 Å². The molecule has 1 heterocycles. The molecule has 1 aromatic rings. The van der Waals surface area contributed by atoms with E-state index in [9.17, 15) is 13.2 Å². The summed E-state index contributed by atoms with van der Waals surface area (Å²) in [5.41, 5.74) is -1.09. The predicted octanol–water partition coefficient (Wildman–Crippen LogP) is 2.46. The van der Waals surface area contributed by atoms with E-state index in [1.807, 2.05) is 0 Å². The van der Waals surface area contributed by atoms with Crippen molar-refractivity contribution in [2.45, 2.75) is 6.18 Å². The second-order valence-electron chi connectivity index (χ2n) is 2.02. The fourth-order valence-corrected chi connectivity index (χ4v) is 0.855. The van der Waals surface area contributed by atoms with Gasteiger partial charge in [-0.25, -0.2) is 4.98 Å². The van der Waals surface area contributed by atoms with Gasteiger partial charge in [0.2, 0.25) is 5.88 Å². The van der Waals surface area contributed by atoms with E-state index in [-0.39, 0.29) is 0 Å². The Balaban J connectivity index is 3.23. The highest BCUT2D eigenvalue weighted by atomic mass is 35.5. The molecule has 0 aliphatic carbocycles. The highest BCUT2D eigenvalue weighted by Crippen LogP contribution is 2.35. The van der Waals surface area contributed by atoms with Gasteiger partial charge in [-0.3, -0.25) is 0 Å². The molecule has 0 spiro atoms. The summed E-state index contributed by atoms with van der Waals surface area (Å²) in [7, 11) is 0. The molecule has 0 unspecified atom stereocenters. The Bertz CT molecular complexity index is 299. The maximum absolute atomic E-state index is 12.0. The van der Waals surface area contributed by atoms with Crippen LogP contribution in [-0.4, -0.2) is 10.1 Å². The van der Waals surface area contributed by atoms with Gasteiger partial charge in [0, 0.05) is 6.07 Å². The normalized spacial score (nSPS) is 11.7. The highest BCUT2D eigenvalue weighted by molar-refractivity contribution is 6.31. The topological polar surface area (TPSA) is 33.1 Å². The quantitative estimate of drug-likeness (QED) is 0.693. The van der Waals surface area contributed by atoms with Crippen LogP contribution in [0, 0.1) is 0 Å². The van der Waals surface area contributed by atoms with E-state index in [4.69, 9.17) is 16.7 Å². The van der Waals surface area contributed by atoms with Crippen LogP contribution < -0.4 is 0 Å². The number of alkyl halides is 3. The summed E-state index contributed by atoms with van der Waals surface area (Å²) in [5, 5.41) is 8.10. The lowest BCUT2D eigenvalue weighted by Gasteiger charge is -2.07. The number of nitrogens with zero attached hydrogens (tertiary/aromatic N) is 1. The third kappa shape index (κ3) is 1.79. The van der Waals surface area contributed by atoms with Gasteiger partial charge in [-0.05, 0) is 0 Å². The van der Waals surface area contributed by atoms with Crippen molar-refractivity contribution in [3.63, 3.8) is 0 Å². The fraction of sp³-hybridized carbons (Fsp3) is 0.167. The van der Waals surface area contributed by atoms with Gasteiger partial charge in [0.1, 0.15) is 0 Å². The molecule has 1 aromatic heterocycles. The number of halogens is 4. The van der Waals surface area contributed by atoms with Gasteiger partial charge < -0.3 is 5.11 Å². The van der Waals surface area contributed by atoms with Crippen molar-refractivity contribution in [3.8, 4) is 5.88 Å². The molecule has 0 radical (unpaired) electrons. The van der Waals surface area contributed by atoms with Crippen LogP contribution in [0.1, 0.15) is 5.56 Å². The first kappa shape index (κ1) is 9.12. The average Bonchev–Trinajstić information content (AvgIpc) is 1.92. The lowest BCUT2D eigenvalue weighted by molar-refractivity contribution is -0.137. The van der Waals surface area contributed by atoms with Crippen LogP contribution >= 0.6 is 11.6 Å². The zero-order valence-corrected chi connectivity index (χ0v) is 6.32. The summed E-state index contributed by atoms with van der Waals surface area (Å²) in [6.07, 6.45) is -3.81. The van der Waals surface area contributed by atoms with Gasteiger partial charge in [0.05, 0.1) is 16.8 Å². The second kappa shape index (κ2) is 2.82. The Morgan fingerprint density at radius 3 is 2.42 bits per heavy atom. The molecular formula is C6H3ClF3NO. The molecule has 0 fully saturated rings. The minimum atomic E-state index is -4.56. The molecule has 0 aliphatic heterocycles. The SMILES string of the molecule is Oc1cc(C(F)(F)F)c(Cl)cn1. The van der Waals surface area contributed by atoms with Crippen molar-refractivity contribution in [1.82, 2.24) is 4.98 Å². The summed E-state index contributed by atoms with van der Waals surface area (Å²) in [6, 6.07) is 0.475. The maximum Gasteiger partial charge on any atom is 0.418 e. The van der Waals surface area contributed by atoms with Crippen LogP contribution in [0.2, 0.25) is 5.02 Å². The van der Waals surface area contributed by atoms with Gasteiger partial charge in [-0.1, -0.05) is 11.6 Å². The Morgan fingerprint density at radius 1 is 1.42 bits per heavy atom. The Morgan fingerprint density at radius 2 is 2.00 bits per heavy atom. The van der Waals surface area contributed by atoms with E-state index in [2.05, 4.69) is 4.98 Å². The molecule has 66 valence electrons. The molecule has 0 aromatic carbocycles. The largest absolute Gasteiger partial charge is 0.493 e. The molecule has 0 saturated heterocycles. The number of aromatic hydroxyl groups is 1. The van der Waals surface area contributed by atoms with E-state index in [1.165, 1.54) is 0 Å². The van der Waals surface area contributed by atoms with Crippen molar-refractivity contribution in [2.75, 3.05) is 0 Å². The van der Waals surface area contributed by atoms with Gasteiger partial charge in [-0.15, -0.1) is 0 Å². The molecule has 0 atom stereocenters. The summed E-state index contributed by atoms with van der Waals surface area (Å²) in [5.74, 6) is -0.702. The molecule has 0 amide bonds. The van der Waals surface area contributed by atoms with Crippen molar-refractivity contribution < 1.29 is 18.3 Å². The minimum absolute atomic E-state index is 0.475. The number of hydrogen-bond donors (Lipinski definition) is 1. The van der Waals surface area contributed by atoms with Gasteiger partial charge >= 0.3 is 6.18 Å². The number of aromatic nitrogens is 1. The van der Waals surface area contributed by atoms with Crippen molar-refractivity contribution in [3.05, 3.63) is 22.8 Å². The lowest BCUT2D eigenvalue weighted by Crippen LogP contribution is -2.05. The van der Waals surface area contributed by atoms with Gasteiger partial charge in [0.25, 0.3) is 0 Å². The van der Waals surface area contributed by atoms with E-state index in [0.717, 1.165) is 6.20 Å². The van der Waals surface area contributed by atoms with E-state index < -0.39 is 22.6 Å². The maximum atomic E-state index is 12.0. The third-order valence-corrected chi connectivity index (χ3v) is 1.45. The average molecular weight is 198 g/mol. The Labute approximate surface area is 70.6 Å². The van der Waals surface area contributed by atoms with Crippen molar-refractivity contribution in [2.24, 2.45) is 0 Å². The van der Waals surface area contributed by atoms with Crippen LogP contribution in [0.4, 0.5) is 13.2 Å². The Kier molecular flexibility index (Phi) is 2.14. The summed E-state index contributed by atoms with van der Waals surface area (Å²) >= 11 is 5.19. The summed E-state index contributed by atoms with van der Waals surface area (Å²) in [6.45, 7) is 0. The zero-order valence-electron chi connectivity index (χ0n) is 5.56. The highest BCUT2D eigenvalue weighted by Gasteiger charge is 2.33. The number of rotatable bonds is 0. The van der Waals surface area contributed by atoms with Crippen LogP contribution in [-0.2, 0) is 6.18 Å². The van der Waals surface area contributed by atoms with Crippen LogP contribution in [0.25, 0.3) is 0 Å². The van der Waals surface area contributed by atoms with Crippen LogP contribution in [0.5, 0.6) is 5.88 Å². The molecule has 2 nitrogen and oxygen atoms in total. The first-order valence-electron chi connectivity index (χ1n) is 2.83. The van der Waals surface area contributed by atoms with Crippen LogP contribution in [0.3, 0.4) is 0 Å². The zero-order chi connectivity index (χ0) is 9.35. The molecule has 0 saturated carbocycles. The van der Waals surface area contributed by atoms with E-state index >= 15 is 0 Å². The standard InChI is InChI=1S/C6H3ClF3NO/c7-4-2-11-5(12)1-3(4)6(8,9)10/h1-2H,(H,11,12). The van der Waals surface area contributed by atoms with Crippen molar-refractivity contribution >= 4 is 11.6 Å². The molecule has 12 heavy (non-hydrogen) atoms. The minimum Gasteiger partial charge on any atom is -0.493 e. The molecule has 0 aliphatic rings. The molecule has 6 heteroatoms. The first-order chi connectivity index (χ1) is 5.41. The molecule has 1 N–H and O–H groups in total. The predicted molar refractivity (Wildman–Crippen MR) is 35.9 cm³/mol. The lowest BCUT2D eigenvalue weighted by atomic mass is 10.2. The number of hydrogen-bond acceptors (Lipinski definition) is 2. The third-order valence-electron chi connectivity index (χ3n) is 1.15. The Hall–Kier alpha value is -0.970. The van der Waals surface area contributed by atoms with E-state index in [0.29, 0.717) is 6.07 Å². The fourth-order valence-electron chi connectivity index (χ4n) is 0.645. The summed E-state index contributed by atoms with van der Waals surface area (Å²) in [4.78, 5) is 3.18. The molecule has 0 bridgehead atoms. The first-order valence-corrected chi connectivity index (χ1v) is 3.21. The molecule has 1 rings (SSSR count). The molecular weight excluding hydrogens is 195 g/mol. The van der Waals surface area contributed by atoms with Gasteiger partial charge in [-0.2, -0.15) is 13.2 Å². The smallest absolute Gasteiger partial charge is 0.418 e. The second-order valence-corrected chi connectivity index (χ2v) is 2.43. The monoisotopic (exact) mass is 197 g/mol. The number of pyridine rings is 1.